The monoisotopic (exact) mass is 561 g/mol. The second-order valence-electron chi connectivity index (χ2n) is 12.2. The van der Waals surface area contributed by atoms with E-state index in [1.54, 1.807) is 11.3 Å². The number of aliphatic hydroxyl groups is 2. The average molecular weight is 562 g/mol. The molecule has 2 N–H and O–H groups in total. The van der Waals surface area contributed by atoms with Crippen LogP contribution >= 0.6 is 11.3 Å². The van der Waals surface area contributed by atoms with E-state index in [1.165, 1.54) is 51.2 Å². The van der Waals surface area contributed by atoms with Crippen molar-refractivity contribution in [3.8, 4) is 27.4 Å². The van der Waals surface area contributed by atoms with Crippen molar-refractivity contribution in [2.24, 2.45) is 5.41 Å². The molecule has 1 aromatic heterocycles. The van der Waals surface area contributed by atoms with Crippen LogP contribution in [0.4, 0.5) is 0 Å². The molecule has 3 aliphatic rings. The Bertz CT molecular complexity index is 1320. The minimum atomic E-state index is -0.0489. The number of thiazole rings is 1. The highest BCUT2D eigenvalue weighted by Gasteiger charge is 2.44. The van der Waals surface area contributed by atoms with Crippen LogP contribution in [0.25, 0.3) is 21.7 Å². The first-order chi connectivity index (χ1) is 19.4. The molecule has 0 atom stereocenters. The number of piperidine rings is 1. The molecule has 3 aromatic rings. The fourth-order valence-electron chi connectivity index (χ4n) is 6.99. The Morgan fingerprint density at radius 1 is 0.950 bits per heavy atom. The Morgan fingerprint density at radius 2 is 1.68 bits per heavy atom. The van der Waals surface area contributed by atoms with Crippen molar-refractivity contribution in [2.75, 3.05) is 45.9 Å². The summed E-state index contributed by atoms with van der Waals surface area (Å²) in [5, 5.41) is 20.2. The van der Waals surface area contributed by atoms with E-state index in [4.69, 9.17) is 9.72 Å². The van der Waals surface area contributed by atoms with Crippen LogP contribution in [0.15, 0.2) is 36.4 Å². The molecule has 214 valence electrons. The van der Waals surface area contributed by atoms with Crippen LogP contribution in [0.1, 0.15) is 53.8 Å². The lowest BCUT2D eigenvalue weighted by Crippen LogP contribution is -2.49. The van der Waals surface area contributed by atoms with Gasteiger partial charge in [-0.15, -0.1) is 11.3 Å². The van der Waals surface area contributed by atoms with Crippen molar-refractivity contribution in [1.82, 2.24) is 14.8 Å². The Morgan fingerprint density at radius 3 is 2.42 bits per heavy atom. The van der Waals surface area contributed by atoms with E-state index < -0.39 is 0 Å². The Hall–Kier alpha value is -2.29. The number of benzene rings is 2. The standard InChI is InChI=1S/C33H43N3O3S/c1-23-26(6-3-8-28(23)32-34-29-10-14-36(17-18-37)22-31(29)40-32)27-7-4-9-30(24(27)2)39-19-5-13-35-15-11-33(12-16-35)20-25(38)21-33/h3-4,6-9,25,37-38H,5,10-22H2,1-2H3. The molecule has 0 radical (unpaired) electrons. The summed E-state index contributed by atoms with van der Waals surface area (Å²) in [5.41, 5.74) is 7.76. The Balaban J connectivity index is 1.10. The molecule has 1 spiro atoms. The second-order valence-corrected chi connectivity index (χ2v) is 13.2. The van der Waals surface area contributed by atoms with Gasteiger partial charge in [-0.05, 0) is 92.8 Å². The third-order valence-electron chi connectivity index (χ3n) is 9.50. The van der Waals surface area contributed by atoms with Gasteiger partial charge in [0, 0.05) is 43.0 Å². The molecule has 1 saturated heterocycles. The Labute approximate surface area is 242 Å². The van der Waals surface area contributed by atoms with E-state index in [0.29, 0.717) is 5.41 Å². The third-order valence-corrected chi connectivity index (χ3v) is 10.6. The number of ether oxygens (including phenoxy) is 1. The highest BCUT2D eigenvalue weighted by Crippen LogP contribution is 2.49. The highest BCUT2D eigenvalue weighted by atomic mass is 32.1. The average Bonchev–Trinajstić information content (AvgIpc) is 3.36. The van der Waals surface area contributed by atoms with Crippen LogP contribution < -0.4 is 4.74 Å². The molecule has 0 amide bonds. The van der Waals surface area contributed by atoms with E-state index in [1.807, 2.05) is 0 Å². The van der Waals surface area contributed by atoms with Crippen molar-refractivity contribution in [3.05, 3.63) is 58.1 Å². The highest BCUT2D eigenvalue weighted by molar-refractivity contribution is 7.15. The van der Waals surface area contributed by atoms with Gasteiger partial charge in [-0.3, -0.25) is 4.90 Å². The van der Waals surface area contributed by atoms with Gasteiger partial charge in [0.05, 0.1) is 25.0 Å². The summed E-state index contributed by atoms with van der Waals surface area (Å²) in [4.78, 5) is 11.3. The summed E-state index contributed by atoms with van der Waals surface area (Å²) >= 11 is 1.80. The van der Waals surface area contributed by atoms with Crippen molar-refractivity contribution in [1.29, 1.82) is 0 Å². The molecule has 6 rings (SSSR count). The van der Waals surface area contributed by atoms with E-state index in [-0.39, 0.29) is 12.7 Å². The normalized spacial score (nSPS) is 19.5. The lowest BCUT2D eigenvalue weighted by molar-refractivity contribution is -0.0681. The maximum Gasteiger partial charge on any atom is 0.124 e. The predicted molar refractivity (Wildman–Crippen MR) is 162 cm³/mol. The lowest BCUT2D eigenvalue weighted by Gasteiger charge is -2.50. The van der Waals surface area contributed by atoms with Crippen LogP contribution in [-0.4, -0.2) is 77.0 Å². The van der Waals surface area contributed by atoms with E-state index >= 15 is 0 Å². The molecule has 6 nitrogen and oxygen atoms in total. The first-order valence-corrected chi connectivity index (χ1v) is 15.8. The van der Waals surface area contributed by atoms with Gasteiger partial charge in [0.25, 0.3) is 0 Å². The number of likely N-dealkylation sites (tertiary alicyclic amines) is 1. The fraction of sp³-hybridized carbons (Fsp3) is 0.545. The third kappa shape index (κ3) is 5.72. The van der Waals surface area contributed by atoms with Crippen molar-refractivity contribution in [2.45, 2.75) is 65.0 Å². The number of hydrogen-bond donors (Lipinski definition) is 2. The largest absolute Gasteiger partial charge is 0.493 e. The maximum atomic E-state index is 9.72. The zero-order valence-electron chi connectivity index (χ0n) is 24.0. The molecule has 2 fully saturated rings. The van der Waals surface area contributed by atoms with Crippen molar-refractivity contribution in [3.63, 3.8) is 0 Å². The summed E-state index contributed by atoms with van der Waals surface area (Å²) in [6, 6.07) is 13.0. The number of hydrogen-bond acceptors (Lipinski definition) is 7. The first kappa shape index (κ1) is 27.9. The molecular formula is C33H43N3O3S. The van der Waals surface area contributed by atoms with E-state index in [0.717, 1.165) is 82.3 Å². The molecule has 1 saturated carbocycles. The summed E-state index contributed by atoms with van der Waals surface area (Å²) in [6.07, 6.45) is 6.42. The van der Waals surface area contributed by atoms with Gasteiger partial charge in [-0.2, -0.15) is 0 Å². The number of aliphatic hydroxyl groups excluding tert-OH is 2. The van der Waals surface area contributed by atoms with Gasteiger partial charge < -0.3 is 19.8 Å². The summed E-state index contributed by atoms with van der Waals surface area (Å²) < 4.78 is 6.32. The van der Waals surface area contributed by atoms with E-state index in [9.17, 15) is 10.2 Å². The number of β-amino-alcohol motifs (C(OH)–C–C–N with tert-alkyl or cyclic N) is 1. The lowest BCUT2D eigenvalue weighted by atomic mass is 9.61. The van der Waals surface area contributed by atoms with Crippen LogP contribution in [0.2, 0.25) is 0 Å². The van der Waals surface area contributed by atoms with Gasteiger partial charge >= 0.3 is 0 Å². The maximum absolute atomic E-state index is 9.72. The van der Waals surface area contributed by atoms with Crippen LogP contribution in [0.5, 0.6) is 5.75 Å². The summed E-state index contributed by atoms with van der Waals surface area (Å²) in [6.45, 7) is 11.3. The Kier molecular flexibility index (Phi) is 8.29. The minimum absolute atomic E-state index is 0.0489. The molecule has 40 heavy (non-hydrogen) atoms. The predicted octanol–water partition coefficient (Wildman–Crippen LogP) is 5.45. The SMILES string of the molecule is Cc1c(OCCCN2CCC3(CC2)CC(O)C3)cccc1-c1cccc(-c2nc3c(s2)CN(CCO)CC3)c1C. The summed E-state index contributed by atoms with van der Waals surface area (Å²) in [7, 11) is 0. The summed E-state index contributed by atoms with van der Waals surface area (Å²) in [5.74, 6) is 0.969. The molecule has 2 aromatic carbocycles. The molecule has 0 unspecified atom stereocenters. The zero-order valence-corrected chi connectivity index (χ0v) is 24.8. The van der Waals surface area contributed by atoms with Crippen LogP contribution in [0, 0.1) is 19.3 Å². The van der Waals surface area contributed by atoms with Crippen molar-refractivity contribution >= 4 is 11.3 Å². The molecule has 3 heterocycles. The van der Waals surface area contributed by atoms with Crippen LogP contribution in [-0.2, 0) is 13.0 Å². The van der Waals surface area contributed by atoms with Gasteiger partial charge in [-0.1, -0.05) is 30.3 Å². The minimum Gasteiger partial charge on any atom is -0.493 e. The van der Waals surface area contributed by atoms with Gasteiger partial charge in [0.2, 0.25) is 0 Å². The molecular weight excluding hydrogens is 518 g/mol. The van der Waals surface area contributed by atoms with Crippen molar-refractivity contribution < 1.29 is 14.9 Å². The van der Waals surface area contributed by atoms with E-state index in [2.05, 4.69) is 60.0 Å². The number of rotatable bonds is 9. The number of fused-ring (bicyclic) bond motifs is 1. The number of nitrogens with zero attached hydrogens (tertiary/aromatic N) is 3. The topological polar surface area (TPSA) is 69.1 Å². The molecule has 1 aliphatic carbocycles. The first-order valence-electron chi connectivity index (χ1n) is 15.0. The van der Waals surface area contributed by atoms with Gasteiger partial charge in [-0.25, -0.2) is 4.98 Å². The second kappa shape index (κ2) is 11.9. The quantitative estimate of drug-likeness (QED) is 0.339. The zero-order chi connectivity index (χ0) is 27.7. The molecule has 2 aliphatic heterocycles. The van der Waals surface area contributed by atoms with Gasteiger partial charge in [0.1, 0.15) is 10.8 Å². The van der Waals surface area contributed by atoms with Crippen LogP contribution in [0.3, 0.4) is 0 Å². The smallest absolute Gasteiger partial charge is 0.124 e. The fourth-order valence-corrected chi connectivity index (χ4v) is 8.22. The number of aromatic nitrogens is 1. The molecule has 7 heteroatoms. The molecule has 0 bridgehead atoms. The van der Waals surface area contributed by atoms with Gasteiger partial charge in [0.15, 0.2) is 0 Å².